The van der Waals surface area contributed by atoms with E-state index in [9.17, 15) is 8.42 Å². The molecule has 0 heterocycles. The Kier molecular flexibility index (Phi) is 4.78. The molecular weight excluding hydrogens is 286 g/mol. The fraction of sp³-hybridized carbons (Fsp3) is 0.600. The van der Waals surface area contributed by atoms with Crippen molar-refractivity contribution in [3.63, 3.8) is 0 Å². The van der Waals surface area contributed by atoms with E-state index in [1.807, 2.05) is 6.07 Å². The molecule has 0 radical (unpaired) electrons. The summed E-state index contributed by atoms with van der Waals surface area (Å²) in [6.45, 7) is 2.30. The Morgan fingerprint density at radius 3 is 2.38 bits per heavy atom. The van der Waals surface area contributed by atoms with E-state index in [0.29, 0.717) is 6.04 Å². The first-order chi connectivity index (χ1) is 9.85. The average Bonchev–Trinajstić information content (AvgIpc) is 2.47. The monoisotopic (exact) mass is 311 g/mol. The van der Waals surface area contributed by atoms with E-state index in [-0.39, 0.29) is 10.6 Å². The summed E-state index contributed by atoms with van der Waals surface area (Å²) in [4.78, 5) is 2.36. The van der Waals surface area contributed by atoms with Crippen molar-refractivity contribution in [3.8, 4) is 0 Å². The zero-order valence-corrected chi connectivity index (χ0v) is 13.8. The minimum Gasteiger partial charge on any atom is -0.398 e. The quantitative estimate of drug-likeness (QED) is 0.836. The van der Waals surface area contributed by atoms with Gasteiger partial charge in [0.05, 0.1) is 5.69 Å². The summed E-state index contributed by atoms with van der Waals surface area (Å²) in [5, 5.41) is 0. The lowest BCUT2D eigenvalue weighted by molar-refractivity contribution is 0.341. The Balaban J connectivity index is 2.20. The van der Waals surface area contributed by atoms with Crippen molar-refractivity contribution in [3.05, 3.63) is 18.2 Å². The number of nitrogen functional groups attached to an aromatic ring is 1. The van der Waals surface area contributed by atoms with Crippen LogP contribution in [0, 0.1) is 5.92 Å². The molecule has 0 unspecified atom stereocenters. The van der Waals surface area contributed by atoms with Gasteiger partial charge in [-0.05, 0) is 56.8 Å². The van der Waals surface area contributed by atoms with Crippen LogP contribution in [0.4, 0.5) is 11.4 Å². The largest absolute Gasteiger partial charge is 0.398 e. The van der Waals surface area contributed by atoms with Gasteiger partial charge in [-0.1, -0.05) is 6.92 Å². The van der Waals surface area contributed by atoms with Crippen LogP contribution in [0.1, 0.15) is 32.6 Å². The normalized spacial score (nSPS) is 23.0. The number of nitrogens with one attached hydrogen (secondary N) is 1. The van der Waals surface area contributed by atoms with Gasteiger partial charge in [-0.3, -0.25) is 0 Å². The van der Waals surface area contributed by atoms with Gasteiger partial charge < -0.3 is 10.6 Å². The Bertz CT molecular complexity index is 593. The second-order valence-electron chi connectivity index (χ2n) is 5.95. The molecule has 21 heavy (non-hydrogen) atoms. The Morgan fingerprint density at radius 2 is 1.86 bits per heavy atom. The molecule has 0 aliphatic heterocycles. The molecule has 6 heteroatoms. The highest BCUT2D eigenvalue weighted by molar-refractivity contribution is 7.89. The molecule has 0 amide bonds. The Morgan fingerprint density at radius 1 is 1.24 bits per heavy atom. The number of hydrogen-bond acceptors (Lipinski definition) is 4. The molecule has 1 aliphatic carbocycles. The highest BCUT2D eigenvalue weighted by Gasteiger charge is 2.23. The van der Waals surface area contributed by atoms with Crippen LogP contribution in [-0.4, -0.2) is 28.6 Å². The molecule has 0 aromatic heterocycles. The summed E-state index contributed by atoms with van der Waals surface area (Å²) >= 11 is 0. The number of nitrogens with two attached hydrogens (primary N) is 1. The van der Waals surface area contributed by atoms with Gasteiger partial charge in [0.2, 0.25) is 10.0 Å². The topological polar surface area (TPSA) is 75.4 Å². The standard InChI is InChI=1S/C15H25N3O2S/c1-11-4-6-12(7-5-11)18(3)13-8-9-15(14(16)10-13)21(19,20)17-2/h8-12,17H,4-7,16H2,1-3H3. The van der Waals surface area contributed by atoms with Crippen molar-refractivity contribution in [1.29, 1.82) is 0 Å². The number of rotatable bonds is 4. The van der Waals surface area contributed by atoms with Crippen LogP contribution in [0.5, 0.6) is 0 Å². The van der Waals surface area contributed by atoms with E-state index in [1.54, 1.807) is 12.1 Å². The second-order valence-corrected chi connectivity index (χ2v) is 7.81. The molecule has 1 aromatic rings. The lowest BCUT2D eigenvalue weighted by atomic mass is 9.86. The van der Waals surface area contributed by atoms with Gasteiger partial charge in [0.1, 0.15) is 4.90 Å². The zero-order chi connectivity index (χ0) is 15.6. The molecule has 0 bridgehead atoms. The third-order valence-corrected chi connectivity index (χ3v) is 5.98. The van der Waals surface area contributed by atoms with Crippen LogP contribution in [-0.2, 0) is 10.0 Å². The lowest BCUT2D eigenvalue weighted by Crippen LogP contribution is -2.34. The van der Waals surface area contributed by atoms with Crippen LogP contribution >= 0.6 is 0 Å². The summed E-state index contributed by atoms with van der Waals surface area (Å²) in [6.07, 6.45) is 4.84. The predicted molar refractivity (Wildman–Crippen MR) is 86.9 cm³/mol. The van der Waals surface area contributed by atoms with Gasteiger partial charge in [0.25, 0.3) is 0 Å². The molecule has 5 nitrogen and oxygen atoms in total. The smallest absolute Gasteiger partial charge is 0.242 e. The summed E-state index contributed by atoms with van der Waals surface area (Å²) in [5.41, 5.74) is 7.19. The first-order valence-corrected chi connectivity index (χ1v) is 8.89. The first-order valence-electron chi connectivity index (χ1n) is 7.41. The van der Waals surface area contributed by atoms with Crippen molar-refractivity contribution in [2.75, 3.05) is 24.7 Å². The van der Waals surface area contributed by atoms with E-state index >= 15 is 0 Å². The third kappa shape index (κ3) is 3.49. The van der Waals surface area contributed by atoms with Crippen molar-refractivity contribution < 1.29 is 8.42 Å². The van der Waals surface area contributed by atoms with Crippen LogP contribution < -0.4 is 15.4 Å². The second kappa shape index (κ2) is 6.23. The molecule has 1 aliphatic rings. The van der Waals surface area contributed by atoms with E-state index in [2.05, 4.69) is 23.6 Å². The van der Waals surface area contributed by atoms with Crippen LogP contribution in [0.25, 0.3) is 0 Å². The fourth-order valence-corrected chi connectivity index (χ4v) is 3.79. The molecule has 0 saturated heterocycles. The summed E-state index contributed by atoms with van der Waals surface area (Å²) < 4.78 is 26.0. The van der Waals surface area contributed by atoms with Gasteiger partial charge in [0, 0.05) is 18.8 Å². The Hall–Kier alpha value is -1.27. The number of hydrogen-bond donors (Lipinski definition) is 2. The molecule has 1 aromatic carbocycles. The lowest BCUT2D eigenvalue weighted by Gasteiger charge is -2.35. The minimum absolute atomic E-state index is 0.138. The maximum Gasteiger partial charge on any atom is 0.242 e. The molecule has 0 atom stereocenters. The Labute approximate surface area is 127 Å². The maximum atomic E-state index is 11.8. The minimum atomic E-state index is -3.50. The molecule has 2 rings (SSSR count). The number of benzene rings is 1. The van der Waals surface area contributed by atoms with Crippen molar-refractivity contribution in [2.24, 2.45) is 5.92 Å². The third-order valence-electron chi connectivity index (χ3n) is 4.49. The SMILES string of the molecule is CNS(=O)(=O)c1ccc(N(C)C2CCC(C)CC2)cc1N. The van der Waals surface area contributed by atoms with Crippen LogP contribution in [0.3, 0.4) is 0 Å². The van der Waals surface area contributed by atoms with E-state index in [4.69, 9.17) is 5.73 Å². The fourth-order valence-electron chi connectivity index (χ4n) is 2.95. The molecule has 1 fully saturated rings. The van der Waals surface area contributed by atoms with Crippen molar-refractivity contribution in [1.82, 2.24) is 4.72 Å². The van der Waals surface area contributed by atoms with E-state index in [0.717, 1.165) is 11.6 Å². The highest BCUT2D eigenvalue weighted by Crippen LogP contribution is 2.31. The van der Waals surface area contributed by atoms with Crippen LogP contribution in [0.2, 0.25) is 0 Å². The molecule has 0 spiro atoms. The summed E-state index contributed by atoms with van der Waals surface area (Å²) in [6, 6.07) is 5.67. The van der Waals surface area contributed by atoms with Gasteiger partial charge >= 0.3 is 0 Å². The first kappa shape index (κ1) is 16.1. The molecule has 1 saturated carbocycles. The number of anilines is 2. The molecular formula is C15H25N3O2S. The van der Waals surface area contributed by atoms with Gasteiger partial charge in [0.15, 0.2) is 0 Å². The number of nitrogens with zero attached hydrogens (tertiary/aromatic N) is 1. The molecule has 3 N–H and O–H groups in total. The number of sulfonamides is 1. The summed E-state index contributed by atoms with van der Waals surface area (Å²) in [5.74, 6) is 0.808. The highest BCUT2D eigenvalue weighted by atomic mass is 32.2. The van der Waals surface area contributed by atoms with Crippen molar-refractivity contribution >= 4 is 21.4 Å². The van der Waals surface area contributed by atoms with Gasteiger partial charge in [-0.15, -0.1) is 0 Å². The van der Waals surface area contributed by atoms with Gasteiger partial charge in [-0.2, -0.15) is 0 Å². The summed E-state index contributed by atoms with van der Waals surface area (Å²) in [7, 11) is -0.0529. The predicted octanol–water partition coefficient (Wildman–Crippen LogP) is 2.19. The maximum absolute atomic E-state index is 11.8. The van der Waals surface area contributed by atoms with Crippen LogP contribution in [0.15, 0.2) is 23.1 Å². The van der Waals surface area contributed by atoms with Crippen molar-refractivity contribution in [2.45, 2.75) is 43.5 Å². The van der Waals surface area contributed by atoms with E-state index < -0.39 is 10.0 Å². The average molecular weight is 311 g/mol. The molecule has 118 valence electrons. The van der Waals surface area contributed by atoms with E-state index in [1.165, 1.54) is 32.7 Å². The van der Waals surface area contributed by atoms with Gasteiger partial charge in [-0.25, -0.2) is 13.1 Å². The zero-order valence-electron chi connectivity index (χ0n) is 13.0.